The highest BCUT2D eigenvalue weighted by molar-refractivity contribution is 5.71. The molecule has 0 aliphatic rings. The number of rotatable bonds is 58. The van der Waals surface area contributed by atoms with E-state index >= 15 is 0 Å². The Hall–Kier alpha value is -4.19. The van der Waals surface area contributed by atoms with Gasteiger partial charge < -0.3 is 14.2 Å². The van der Waals surface area contributed by atoms with Crippen LogP contribution in [-0.4, -0.2) is 37.2 Å². The van der Waals surface area contributed by atoms with Crippen molar-refractivity contribution in [3.63, 3.8) is 0 Å². The zero-order valence-corrected chi connectivity index (χ0v) is 50.9. The summed E-state index contributed by atoms with van der Waals surface area (Å²) in [5.41, 5.74) is 0. The van der Waals surface area contributed by atoms with Crippen LogP contribution in [0.15, 0.2) is 122 Å². The van der Waals surface area contributed by atoms with Crippen molar-refractivity contribution in [2.45, 2.75) is 303 Å². The zero-order chi connectivity index (χ0) is 56.4. The number of hydrogen-bond donors (Lipinski definition) is 0. The smallest absolute Gasteiger partial charge is 0.306 e. The normalized spacial score (nSPS) is 12.9. The summed E-state index contributed by atoms with van der Waals surface area (Å²) in [7, 11) is 0. The fourth-order valence-electron chi connectivity index (χ4n) is 8.80. The molecule has 0 fully saturated rings. The van der Waals surface area contributed by atoms with E-state index < -0.39 is 6.10 Å². The molecule has 0 aromatic carbocycles. The summed E-state index contributed by atoms with van der Waals surface area (Å²) in [5, 5.41) is 0. The number of carbonyl (C=O) groups excluding carboxylic acids is 3. The van der Waals surface area contributed by atoms with Crippen molar-refractivity contribution in [3.05, 3.63) is 122 Å². The van der Waals surface area contributed by atoms with E-state index in [1.165, 1.54) is 122 Å². The Morgan fingerprint density at radius 3 is 0.821 bits per heavy atom. The van der Waals surface area contributed by atoms with Crippen LogP contribution >= 0.6 is 0 Å². The van der Waals surface area contributed by atoms with Gasteiger partial charge in [0.1, 0.15) is 13.2 Å². The lowest BCUT2D eigenvalue weighted by atomic mass is 10.1. The molecule has 6 nitrogen and oxygen atoms in total. The topological polar surface area (TPSA) is 78.9 Å². The van der Waals surface area contributed by atoms with Crippen molar-refractivity contribution in [2.75, 3.05) is 13.2 Å². The zero-order valence-electron chi connectivity index (χ0n) is 50.9. The Balaban J connectivity index is 4.38. The van der Waals surface area contributed by atoms with E-state index in [9.17, 15) is 14.4 Å². The minimum Gasteiger partial charge on any atom is -0.462 e. The second kappa shape index (κ2) is 65.3. The van der Waals surface area contributed by atoms with Crippen LogP contribution < -0.4 is 0 Å². The first-order valence-electron chi connectivity index (χ1n) is 32.5. The minimum absolute atomic E-state index is 0.0920. The van der Waals surface area contributed by atoms with Crippen molar-refractivity contribution in [1.82, 2.24) is 0 Å². The lowest BCUT2D eigenvalue weighted by Gasteiger charge is -2.18. The lowest BCUT2D eigenvalue weighted by Crippen LogP contribution is -2.30. The standard InChI is InChI=1S/C72H120O6/c1-4-7-10-13-16-19-22-25-27-29-31-33-34-35-36-37-38-40-41-43-45-47-50-53-56-59-62-65-71(74)77-68-69(67-76-70(73)64-61-58-55-52-49-24-21-18-15-12-9-6-3)78-72(75)66-63-60-57-54-51-48-46-44-42-39-32-30-28-26-23-20-17-14-11-8-5-2/h7,10,16,18-19,21,23,25-27,30-33,35-36,38,40,43,45,69H,4-6,8-9,11-15,17,20,22,24,28-29,34,37,39,41-42,44,46-68H2,1-3H3/b10-7-,19-16-,21-18-,26-23-,27-25-,32-30-,33-31-,36-35-,40-38-,45-43-. The number of allylic oxidation sites excluding steroid dienone is 20. The van der Waals surface area contributed by atoms with E-state index in [0.717, 1.165) is 135 Å². The number of hydrogen-bond acceptors (Lipinski definition) is 6. The van der Waals surface area contributed by atoms with E-state index in [0.29, 0.717) is 19.3 Å². The predicted molar refractivity (Wildman–Crippen MR) is 339 cm³/mol. The second-order valence-corrected chi connectivity index (χ2v) is 21.3. The minimum atomic E-state index is -0.796. The first-order chi connectivity index (χ1) is 38.5. The molecule has 6 heteroatoms. The van der Waals surface area contributed by atoms with E-state index in [-0.39, 0.29) is 31.1 Å². The average Bonchev–Trinajstić information content (AvgIpc) is 3.44. The maximum Gasteiger partial charge on any atom is 0.306 e. The van der Waals surface area contributed by atoms with Crippen LogP contribution in [0.25, 0.3) is 0 Å². The van der Waals surface area contributed by atoms with Crippen LogP contribution in [0.1, 0.15) is 297 Å². The Morgan fingerprint density at radius 1 is 0.269 bits per heavy atom. The van der Waals surface area contributed by atoms with Gasteiger partial charge in [-0.25, -0.2) is 0 Å². The molecule has 0 radical (unpaired) electrons. The van der Waals surface area contributed by atoms with Gasteiger partial charge >= 0.3 is 17.9 Å². The predicted octanol–water partition coefficient (Wildman–Crippen LogP) is 22.4. The molecule has 0 rings (SSSR count). The Morgan fingerprint density at radius 2 is 0.500 bits per heavy atom. The third kappa shape index (κ3) is 62.7. The molecule has 0 heterocycles. The first kappa shape index (κ1) is 73.8. The van der Waals surface area contributed by atoms with Crippen molar-refractivity contribution in [1.29, 1.82) is 0 Å². The third-order valence-corrected chi connectivity index (χ3v) is 13.7. The van der Waals surface area contributed by atoms with Crippen LogP contribution in [-0.2, 0) is 28.6 Å². The molecule has 0 amide bonds. The van der Waals surface area contributed by atoms with Crippen molar-refractivity contribution in [2.24, 2.45) is 0 Å². The van der Waals surface area contributed by atoms with Gasteiger partial charge in [-0.2, -0.15) is 0 Å². The summed E-state index contributed by atoms with van der Waals surface area (Å²) in [6.45, 7) is 6.48. The largest absolute Gasteiger partial charge is 0.462 e. The van der Waals surface area contributed by atoms with E-state index in [4.69, 9.17) is 14.2 Å². The van der Waals surface area contributed by atoms with Gasteiger partial charge in [0.15, 0.2) is 6.10 Å². The molecule has 1 unspecified atom stereocenters. The molecular formula is C72H120O6. The van der Waals surface area contributed by atoms with Gasteiger partial charge in [0, 0.05) is 19.3 Å². The van der Waals surface area contributed by atoms with Crippen LogP contribution in [0.5, 0.6) is 0 Å². The highest BCUT2D eigenvalue weighted by atomic mass is 16.6. The van der Waals surface area contributed by atoms with Gasteiger partial charge in [0.25, 0.3) is 0 Å². The van der Waals surface area contributed by atoms with Gasteiger partial charge in [0.2, 0.25) is 0 Å². The average molecular weight is 1080 g/mol. The maximum atomic E-state index is 12.9. The van der Waals surface area contributed by atoms with E-state index in [2.05, 4.69) is 142 Å². The highest BCUT2D eigenvalue weighted by Crippen LogP contribution is 2.15. The molecule has 0 aromatic rings. The Kier molecular flexibility index (Phi) is 61.8. The first-order valence-corrected chi connectivity index (χ1v) is 32.5. The molecule has 444 valence electrons. The van der Waals surface area contributed by atoms with Crippen LogP contribution in [0, 0.1) is 0 Å². The molecule has 1 atom stereocenters. The van der Waals surface area contributed by atoms with Crippen molar-refractivity contribution in [3.8, 4) is 0 Å². The van der Waals surface area contributed by atoms with Crippen LogP contribution in [0.3, 0.4) is 0 Å². The van der Waals surface area contributed by atoms with Gasteiger partial charge in [-0.3, -0.25) is 14.4 Å². The molecule has 0 N–H and O–H groups in total. The molecule has 78 heavy (non-hydrogen) atoms. The molecular weight excluding hydrogens is 961 g/mol. The summed E-state index contributed by atoms with van der Waals surface area (Å²) < 4.78 is 16.9. The summed E-state index contributed by atoms with van der Waals surface area (Å²) in [6.07, 6.45) is 90.6. The highest BCUT2D eigenvalue weighted by Gasteiger charge is 2.19. The molecule has 0 spiro atoms. The van der Waals surface area contributed by atoms with Gasteiger partial charge in [0.05, 0.1) is 0 Å². The molecule has 0 bridgehead atoms. The molecule has 0 aromatic heterocycles. The van der Waals surface area contributed by atoms with Gasteiger partial charge in [-0.05, 0) is 135 Å². The number of carbonyl (C=O) groups is 3. The van der Waals surface area contributed by atoms with Crippen LogP contribution in [0.2, 0.25) is 0 Å². The third-order valence-electron chi connectivity index (χ3n) is 13.7. The second-order valence-electron chi connectivity index (χ2n) is 21.3. The summed E-state index contributed by atoms with van der Waals surface area (Å²) in [4.78, 5) is 38.3. The molecule has 0 aliphatic carbocycles. The molecule has 0 saturated carbocycles. The number of unbranched alkanes of at least 4 members (excludes halogenated alkanes) is 27. The number of esters is 3. The Labute approximate surface area is 482 Å². The van der Waals surface area contributed by atoms with Gasteiger partial charge in [-0.15, -0.1) is 0 Å². The maximum absolute atomic E-state index is 12.9. The SMILES string of the molecule is CC/C=C\C/C=C\C/C=C\C/C=C\C/C=C\C/C=C\C/C=C\CCCCCCCC(=O)OCC(COC(=O)CCCCCCC/C=C\CCCCC)OC(=O)CCCCCCCCCCC/C=C\C/C=C\CCCCCCC. The monoisotopic (exact) mass is 1080 g/mol. The molecule has 0 saturated heterocycles. The summed E-state index contributed by atoms with van der Waals surface area (Å²) >= 11 is 0. The fraction of sp³-hybridized carbons (Fsp3) is 0.681. The van der Waals surface area contributed by atoms with Crippen LogP contribution in [0.4, 0.5) is 0 Å². The summed E-state index contributed by atoms with van der Waals surface area (Å²) in [6, 6.07) is 0. The van der Waals surface area contributed by atoms with E-state index in [1.54, 1.807) is 0 Å². The quantitative estimate of drug-likeness (QED) is 0.0261. The summed E-state index contributed by atoms with van der Waals surface area (Å²) in [5.74, 6) is -0.920. The van der Waals surface area contributed by atoms with Crippen molar-refractivity contribution < 1.29 is 28.6 Å². The lowest BCUT2D eigenvalue weighted by molar-refractivity contribution is -0.167. The van der Waals surface area contributed by atoms with Crippen molar-refractivity contribution >= 4 is 17.9 Å². The molecule has 0 aliphatic heterocycles. The van der Waals surface area contributed by atoms with E-state index in [1.807, 2.05) is 0 Å². The Bertz CT molecular complexity index is 1620. The fourth-order valence-corrected chi connectivity index (χ4v) is 8.80. The van der Waals surface area contributed by atoms with Gasteiger partial charge in [-0.1, -0.05) is 264 Å². The number of ether oxygens (including phenoxy) is 3.